The van der Waals surface area contributed by atoms with Crippen molar-refractivity contribution in [3.8, 4) is 5.69 Å². The first-order valence-electron chi connectivity index (χ1n) is 12.0. The summed E-state index contributed by atoms with van der Waals surface area (Å²) in [5.74, 6) is 1.56. The molecular formula is C26H30FN5O2. The Kier molecular flexibility index (Phi) is 6.32. The molecule has 7 nitrogen and oxygen atoms in total. The fourth-order valence-corrected chi connectivity index (χ4v) is 4.79. The minimum absolute atomic E-state index is 0.244. The van der Waals surface area contributed by atoms with Gasteiger partial charge in [0.25, 0.3) is 5.91 Å². The molecule has 1 amide bonds. The molecule has 1 aliphatic carbocycles. The molecule has 5 rings (SSSR count). The van der Waals surface area contributed by atoms with Crippen molar-refractivity contribution in [2.24, 2.45) is 5.92 Å². The third-order valence-corrected chi connectivity index (χ3v) is 6.95. The molecule has 0 radical (unpaired) electrons. The predicted octanol–water partition coefficient (Wildman–Crippen LogP) is 4.44. The largest absolute Gasteiger partial charge is 0.396 e. The lowest BCUT2D eigenvalue weighted by molar-refractivity contribution is 0.102. The number of amides is 1. The van der Waals surface area contributed by atoms with Gasteiger partial charge in [0.05, 0.1) is 35.0 Å². The van der Waals surface area contributed by atoms with Crippen LogP contribution in [0.25, 0.3) is 5.69 Å². The van der Waals surface area contributed by atoms with Crippen LogP contribution in [0.15, 0.2) is 42.7 Å². The van der Waals surface area contributed by atoms with Crippen LogP contribution in [-0.4, -0.2) is 45.5 Å². The summed E-state index contributed by atoms with van der Waals surface area (Å²) in [6.07, 6.45) is 8.59. The first-order chi connectivity index (χ1) is 16.5. The fourth-order valence-electron chi connectivity index (χ4n) is 4.79. The minimum Gasteiger partial charge on any atom is -0.396 e. The van der Waals surface area contributed by atoms with Crippen LogP contribution in [0.4, 0.5) is 15.9 Å². The molecule has 34 heavy (non-hydrogen) atoms. The number of aliphatic hydroxyl groups excluding tert-OH is 1. The quantitative estimate of drug-likeness (QED) is 0.541. The zero-order valence-electron chi connectivity index (χ0n) is 19.4. The van der Waals surface area contributed by atoms with Crippen LogP contribution in [0.1, 0.15) is 59.6 Å². The topological polar surface area (TPSA) is 83.3 Å². The molecule has 2 aromatic heterocycles. The highest BCUT2D eigenvalue weighted by atomic mass is 19.1. The van der Waals surface area contributed by atoms with Gasteiger partial charge in [0.15, 0.2) is 0 Å². The van der Waals surface area contributed by atoms with Gasteiger partial charge in [-0.05, 0) is 86.8 Å². The average Bonchev–Trinajstić information content (AvgIpc) is 3.62. The van der Waals surface area contributed by atoms with Gasteiger partial charge in [-0.3, -0.25) is 4.79 Å². The lowest BCUT2D eigenvalue weighted by Crippen LogP contribution is -2.35. The zero-order chi connectivity index (χ0) is 23.7. The number of halogens is 1. The van der Waals surface area contributed by atoms with E-state index in [-0.39, 0.29) is 18.3 Å². The number of carbonyl (C=O) groups excluding carboxylic acids is 1. The highest BCUT2D eigenvalue weighted by Gasteiger charge is 2.31. The fraction of sp³-hybridized carbons (Fsp3) is 0.423. The van der Waals surface area contributed by atoms with Crippen LogP contribution in [0.5, 0.6) is 0 Å². The first kappa shape index (κ1) is 22.5. The van der Waals surface area contributed by atoms with Crippen LogP contribution in [-0.2, 0) is 0 Å². The number of benzene rings is 1. The molecule has 1 saturated carbocycles. The van der Waals surface area contributed by atoms with E-state index in [0.717, 1.165) is 51.0 Å². The normalized spacial score (nSPS) is 16.6. The van der Waals surface area contributed by atoms with Crippen LogP contribution >= 0.6 is 0 Å². The molecule has 1 saturated heterocycles. The summed E-state index contributed by atoms with van der Waals surface area (Å²) < 4.78 is 14.9. The Morgan fingerprint density at radius 1 is 1.15 bits per heavy atom. The molecule has 0 unspecified atom stereocenters. The number of hydrogen-bond donors (Lipinski definition) is 2. The average molecular weight is 464 g/mol. The van der Waals surface area contributed by atoms with E-state index in [1.165, 1.54) is 23.9 Å². The third kappa shape index (κ3) is 4.68. The second-order valence-electron chi connectivity index (χ2n) is 9.34. The Morgan fingerprint density at radius 3 is 2.56 bits per heavy atom. The van der Waals surface area contributed by atoms with E-state index in [2.05, 4.69) is 21.4 Å². The molecule has 0 spiro atoms. The van der Waals surface area contributed by atoms with E-state index in [1.54, 1.807) is 23.0 Å². The Bertz CT molecular complexity index is 1160. The molecule has 1 aromatic carbocycles. The van der Waals surface area contributed by atoms with E-state index in [9.17, 15) is 14.3 Å². The maximum Gasteiger partial charge on any atom is 0.259 e. The molecule has 8 heteroatoms. The van der Waals surface area contributed by atoms with E-state index in [1.807, 2.05) is 6.92 Å². The summed E-state index contributed by atoms with van der Waals surface area (Å²) in [5, 5.41) is 16.5. The standard InChI is InChI=1S/C26H30FN5O2/c1-17-24(16-29-32(17)22-6-4-20(27)5-7-22)26(34)30-21-14-23(19-2-3-19)25(28-15-21)31-11-8-18(9-12-31)10-13-33/h4-7,14-16,18-19,33H,2-3,8-13H2,1H3,(H,30,34). The second kappa shape index (κ2) is 9.54. The first-order valence-corrected chi connectivity index (χ1v) is 12.0. The molecule has 178 valence electrons. The third-order valence-electron chi connectivity index (χ3n) is 6.95. The number of carbonyl (C=O) groups is 1. The van der Waals surface area contributed by atoms with Crippen LogP contribution < -0.4 is 10.2 Å². The van der Waals surface area contributed by atoms with Gasteiger partial charge in [0.2, 0.25) is 0 Å². The van der Waals surface area contributed by atoms with Gasteiger partial charge in [-0.1, -0.05) is 0 Å². The van der Waals surface area contributed by atoms with Crippen molar-refractivity contribution in [2.75, 3.05) is 29.9 Å². The zero-order valence-corrected chi connectivity index (χ0v) is 19.4. The van der Waals surface area contributed by atoms with Crippen LogP contribution in [0.2, 0.25) is 0 Å². The van der Waals surface area contributed by atoms with E-state index in [0.29, 0.717) is 34.5 Å². The van der Waals surface area contributed by atoms with Crippen molar-refractivity contribution in [1.82, 2.24) is 14.8 Å². The maximum atomic E-state index is 13.3. The number of aliphatic hydroxyl groups is 1. The van der Waals surface area contributed by atoms with Gasteiger partial charge in [0, 0.05) is 19.7 Å². The smallest absolute Gasteiger partial charge is 0.259 e. The molecule has 0 atom stereocenters. The maximum absolute atomic E-state index is 13.3. The summed E-state index contributed by atoms with van der Waals surface area (Å²) in [7, 11) is 0. The number of nitrogens with zero attached hydrogens (tertiary/aromatic N) is 4. The highest BCUT2D eigenvalue weighted by molar-refractivity contribution is 6.05. The molecule has 2 fully saturated rings. The van der Waals surface area contributed by atoms with Crippen molar-refractivity contribution in [1.29, 1.82) is 0 Å². The Balaban J connectivity index is 1.32. The molecule has 2 aliphatic rings. The second-order valence-corrected chi connectivity index (χ2v) is 9.34. The van der Waals surface area contributed by atoms with Gasteiger partial charge < -0.3 is 15.3 Å². The monoisotopic (exact) mass is 463 g/mol. The van der Waals surface area contributed by atoms with Crippen LogP contribution in [0, 0.1) is 18.7 Å². The number of pyridine rings is 1. The molecule has 1 aliphatic heterocycles. The van der Waals surface area contributed by atoms with Crippen molar-refractivity contribution in [3.63, 3.8) is 0 Å². The molecular weight excluding hydrogens is 433 g/mol. The van der Waals surface area contributed by atoms with Crippen molar-refractivity contribution in [3.05, 3.63) is 65.4 Å². The summed E-state index contributed by atoms with van der Waals surface area (Å²) in [5.41, 5.74) is 3.73. The molecule has 2 N–H and O–H groups in total. The predicted molar refractivity (Wildman–Crippen MR) is 129 cm³/mol. The van der Waals surface area contributed by atoms with Gasteiger partial charge >= 0.3 is 0 Å². The van der Waals surface area contributed by atoms with Gasteiger partial charge in [-0.15, -0.1) is 0 Å². The minimum atomic E-state index is -0.316. The van der Waals surface area contributed by atoms with Gasteiger partial charge in [0.1, 0.15) is 11.6 Å². The molecule has 3 aromatic rings. The summed E-state index contributed by atoms with van der Waals surface area (Å²) >= 11 is 0. The van der Waals surface area contributed by atoms with Crippen molar-refractivity contribution >= 4 is 17.4 Å². The number of nitrogens with one attached hydrogen (secondary N) is 1. The number of aromatic nitrogens is 3. The molecule has 0 bridgehead atoms. The van der Waals surface area contributed by atoms with E-state index in [4.69, 9.17) is 4.98 Å². The summed E-state index contributed by atoms with van der Waals surface area (Å²) in [6, 6.07) is 8.08. The van der Waals surface area contributed by atoms with Crippen LogP contribution in [0.3, 0.4) is 0 Å². The SMILES string of the molecule is Cc1c(C(=O)Nc2cnc(N3CCC(CCO)CC3)c(C3CC3)c2)cnn1-c1ccc(F)cc1. The number of rotatable bonds is 7. The van der Waals surface area contributed by atoms with Crippen molar-refractivity contribution in [2.45, 2.75) is 44.9 Å². The van der Waals surface area contributed by atoms with E-state index >= 15 is 0 Å². The Hall–Kier alpha value is -3.26. The molecule has 3 heterocycles. The van der Waals surface area contributed by atoms with Gasteiger partial charge in [-0.25, -0.2) is 14.1 Å². The van der Waals surface area contributed by atoms with E-state index < -0.39 is 0 Å². The highest BCUT2D eigenvalue weighted by Crippen LogP contribution is 2.45. The summed E-state index contributed by atoms with van der Waals surface area (Å²) in [4.78, 5) is 20.2. The number of hydrogen-bond acceptors (Lipinski definition) is 5. The lowest BCUT2D eigenvalue weighted by atomic mass is 9.93. The Morgan fingerprint density at radius 2 is 1.88 bits per heavy atom. The summed E-state index contributed by atoms with van der Waals surface area (Å²) in [6.45, 7) is 3.98. The lowest BCUT2D eigenvalue weighted by Gasteiger charge is -2.34. The van der Waals surface area contributed by atoms with Crippen molar-refractivity contribution < 1.29 is 14.3 Å². The van der Waals surface area contributed by atoms with Gasteiger partial charge in [-0.2, -0.15) is 5.10 Å². The number of anilines is 2. The Labute approximate surface area is 198 Å². The number of piperidine rings is 1.